The predicted molar refractivity (Wildman–Crippen MR) is 75.3 cm³/mol. The van der Waals surface area contributed by atoms with Crippen molar-refractivity contribution < 1.29 is 0 Å². The molecule has 0 radical (unpaired) electrons. The molecule has 0 saturated carbocycles. The molecule has 1 aliphatic rings. The first kappa shape index (κ1) is 12.0. The molecule has 0 aromatic carbocycles. The summed E-state index contributed by atoms with van der Waals surface area (Å²) in [4.78, 5) is 16.0. The molecule has 1 atom stereocenters. The van der Waals surface area contributed by atoms with Crippen molar-refractivity contribution >= 4 is 5.69 Å². The molecular formula is C15H17N3O. The molecule has 2 aromatic heterocycles. The number of aryl methyl sites for hydroxylation is 2. The van der Waals surface area contributed by atoms with Gasteiger partial charge in [-0.3, -0.25) is 9.78 Å². The van der Waals surface area contributed by atoms with E-state index in [2.05, 4.69) is 16.4 Å². The molecule has 4 heteroatoms. The number of aromatic nitrogens is 2. The van der Waals surface area contributed by atoms with E-state index in [1.54, 1.807) is 10.6 Å². The lowest BCUT2D eigenvalue weighted by atomic mass is 10.2. The average Bonchev–Trinajstić information content (AvgIpc) is 2.84. The standard InChI is InChI=1S/C15H17N3O/c1-2-18-10-12(6-8-14(18)19)17-13-7-5-11-4-3-9-16-15(11)13/h3-4,6,8-10,13,17H,2,5,7H2,1H3. The molecule has 0 saturated heterocycles. The van der Waals surface area contributed by atoms with Gasteiger partial charge in [0.1, 0.15) is 0 Å². The second-order valence-electron chi connectivity index (χ2n) is 4.83. The van der Waals surface area contributed by atoms with E-state index in [1.807, 2.05) is 31.5 Å². The largest absolute Gasteiger partial charge is 0.375 e. The monoisotopic (exact) mass is 255 g/mol. The van der Waals surface area contributed by atoms with Crippen molar-refractivity contribution in [1.82, 2.24) is 9.55 Å². The summed E-state index contributed by atoms with van der Waals surface area (Å²) in [5, 5.41) is 3.48. The lowest BCUT2D eigenvalue weighted by Crippen LogP contribution is -2.18. The van der Waals surface area contributed by atoms with Gasteiger partial charge in [-0.1, -0.05) is 6.07 Å². The summed E-state index contributed by atoms with van der Waals surface area (Å²) < 4.78 is 1.70. The minimum Gasteiger partial charge on any atom is -0.375 e. The van der Waals surface area contributed by atoms with Crippen molar-refractivity contribution in [3.8, 4) is 0 Å². The second-order valence-corrected chi connectivity index (χ2v) is 4.83. The summed E-state index contributed by atoms with van der Waals surface area (Å²) in [6, 6.07) is 7.82. The zero-order valence-corrected chi connectivity index (χ0v) is 11.0. The van der Waals surface area contributed by atoms with Crippen LogP contribution in [-0.2, 0) is 13.0 Å². The van der Waals surface area contributed by atoms with E-state index in [-0.39, 0.29) is 11.6 Å². The molecule has 0 amide bonds. The summed E-state index contributed by atoms with van der Waals surface area (Å²) in [5.74, 6) is 0. The molecule has 98 valence electrons. The van der Waals surface area contributed by atoms with E-state index in [9.17, 15) is 4.79 Å². The van der Waals surface area contributed by atoms with Crippen LogP contribution in [0.5, 0.6) is 0 Å². The van der Waals surface area contributed by atoms with Gasteiger partial charge in [0.25, 0.3) is 5.56 Å². The molecule has 2 heterocycles. The van der Waals surface area contributed by atoms with Gasteiger partial charge in [-0.2, -0.15) is 0 Å². The highest BCUT2D eigenvalue weighted by molar-refractivity contribution is 5.45. The third-order valence-corrected chi connectivity index (χ3v) is 3.62. The Morgan fingerprint density at radius 2 is 2.32 bits per heavy atom. The first-order valence-electron chi connectivity index (χ1n) is 6.68. The van der Waals surface area contributed by atoms with Gasteiger partial charge in [-0.05, 0) is 37.5 Å². The number of hydrogen-bond donors (Lipinski definition) is 1. The van der Waals surface area contributed by atoms with Crippen molar-refractivity contribution in [2.24, 2.45) is 0 Å². The number of rotatable bonds is 3. The van der Waals surface area contributed by atoms with Crippen LogP contribution in [0.2, 0.25) is 0 Å². The van der Waals surface area contributed by atoms with Gasteiger partial charge < -0.3 is 9.88 Å². The van der Waals surface area contributed by atoms with Gasteiger partial charge in [-0.15, -0.1) is 0 Å². The molecule has 1 aliphatic carbocycles. The zero-order chi connectivity index (χ0) is 13.2. The van der Waals surface area contributed by atoms with Crippen molar-refractivity contribution in [1.29, 1.82) is 0 Å². The summed E-state index contributed by atoms with van der Waals surface area (Å²) in [6.45, 7) is 2.66. The normalized spacial score (nSPS) is 17.2. The first-order valence-corrected chi connectivity index (χ1v) is 6.68. The number of nitrogens with zero attached hydrogens (tertiary/aromatic N) is 2. The van der Waals surface area contributed by atoms with Crippen molar-refractivity contribution in [3.05, 3.63) is 58.3 Å². The fourth-order valence-electron chi connectivity index (χ4n) is 2.62. The van der Waals surface area contributed by atoms with Crippen molar-refractivity contribution in [2.75, 3.05) is 5.32 Å². The molecule has 19 heavy (non-hydrogen) atoms. The predicted octanol–water partition coefficient (Wildman–Crippen LogP) is 2.36. The van der Waals surface area contributed by atoms with Crippen molar-refractivity contribution in [2.45, 2.75) is 32.4 Å². The van der Waals surface area contributed by atoms with Crippen LogP contribution in [0.25, 0.3) is 0 Å². The molecule has 2 aromatic rings. The Hall–Kier alpha value is -2.10. The Morgan fingerprint density at radius 1 is 1.42 bits per heavy atom. The van der Waals surface area contributed by atoms with Crippen LogP contribution in [-0.4, -0.2) is 9.55 Å². The van der Waals surface area contributed by atoms with E-state index in [0.29, 0.717) is 6.54 Å². The first-order chi connectivity index (χ1) is 9.28. The molecule has 1 N–H and O–H groups in total. The van der Waals surface area contributed by atoms with E-state index in [0.717, 1.165) is 24.2 Å². The Morgan fingerprint density at radius 3 is 3.16 bits per heavy atom. The minimum absolute atomic E-state index is 0.0398. The Balaban J connectivity index is 1.85. The van der Waals surface area contributed by atoms with Gasteiger partial charge >= 0.3 is 0 Å². The van der Waals surface area contributed by atoms with Crippen molar-refractivity contribution in [3.63, 3.8) is 0 Å². The molecule has 0 bridgehead atoms. The summed E-state index contributed by atoms with van der Waals surface area (Å²) >= 11 is 0. The summed E-state index contributed by atoms with van der Waals surface area (Å²) in [5.41, 5.74) is 3.48. The number of nitrogens with one attached hydrogen (secondary N) is 1. The molecule has 0 fully saturated rings. The summed E-state index contributed by atoms with van der Waals surface area (Å²) in [6.07, 6.45) is 5.83. The SMILES string of the molecule is CCn1cc(NC2CCc3cccnc32)ccc1=O. The fraction of sp³-hybridized carbons (Fsp3) is 0.333. The third-order valence-electron chi connectivity index (χ3n) is 3.62. The summed E-state index contributed by atoms with van der Waals surface area (Å²) in [7, 11) is 0. The van der Waals surface area contributed by atoms with E-state index < -0.39 is 0 Å². The van der Waals surface area contributed by atoms with Crippen LogP contribution in [0.3, 0.4) is 0 Å². The van der Waals surface area contributed by atoms with E-state index in [4.69, 9.17) is 0 Å². The van der Waals surface area contributed by atoms with E-state index in [1.165, 1.54) is 5.56 Å². The highest BCUT2D eigenvalue weighted by Crippen LogP contribution is 2.31. The van der Waals surface area contributed by atoms with Crippen LogP contribution in [0.15, 0.2) is 41.5 Å². The van der Waals surface area contributed by atoms with Crippen LogP contribution >= 0.6 is 0 Å². The topological polar surface area (TPSA) is 46.9 Å². The van der Waals surface area contributed by atoms with Gasteiger partial charge in [0.2, 0.25) is 0 Å². The maximum Gasteiger partial charge on any atom is 0.250 e. The van der Waals surface area contributed by atoms with Gasteiger partial charge in [-0.25, -0.2) is 0 Å². The van der Waals surface area contributed by atoms with Gasteiger partial charge in [0.05, 0.1) is 17.4 Å². The van der Waals surface area contributed by atoms with Gasteiger partial charge in [0.15, 0.2) is 0 Å². The lowest BCUT2D eigenvalue weighted by molar-refractivity contribution is 0.714. The number of hydrogen-bond acceptors (Lipinski definition) is 3. The molecule has 0 aliphatic heterocycles. The Bertz CT molecular complexity index is 648. The van der Waals surface area contributed by atoms with Crippen LogP contribution in [0, 0.1) is 0 Å². The van der Waals surface area contributed by atoms with Gasteiger partial charge in [0, 0.05) is 25.0 Å². The fourth-order valence-corrected chi connectivity index (χ4v) is 2.62. The highest BCUT2D eigenvalue weighted by atomic mass is 16.1. The second kappa shape index (κ2) is 4.88. The van der Waals surface area contributed by atoms with Crippen LogP contribution < -0.4 is 10.9 Å². The van der Waals surface area contributed by atoms with Crippen LogP contribution in [0.1, 0.15) is 30.6 Å². The quantitative estimate of drug-likeness (QED) is 0.916. The number of anilines is 1. The van der Waals surface area contributed by atoms with E-state index >= 15 is 0 Å². The molecule has 0 spiro atoms. The molecular weight excluding hydrogens is 238 g/mol. The lowest BCUT2D eigenvalue weighted by Gasteiger charge is -2.15. The minimum atomic E-state index is 0.0398. The molecule has 4 nitrogen and oxygen atoms in total. The number of pyridine rings is 2. The molecule has 3 rings (SSSR count). The molecule has 1 unspecified atom stereocenters. The highest BCUT2D eigenvalue weighted by Gasteiger charge is 2.23. The maximum absolute atomic E-state index is 11.6. The third kappa shape index (κ3) is 2.26. The average molecular weight is 255 g/mol. The van der Waals surface area contributed by atoms with Crippen LogP contribution in [0.4, 0.5) is 5.69 Å². The Labute approximate surface area is 112 Å². The smallest absolute Gasteiger partial charge is 0.250 e. The zero-order valence-electron chi connectivity index (χ0n) is 11.0. The maximum atomic E-state index is 11.6. The number of fused-ring (bicyclic) bond motifs is 1. The Kier molecular flexibility index (Phi) is 3.07.